The third kappa shape index (κ3) is 3.95. The molecule has 2 aromatic rings. The molecular weight excluding hydrogens is 314 g/mol. The van der Waals surface area contributed by atoms with Crippen molar-refractivity contribution in [2.24, 2.45) is 5.92 Å². The highest BCUT2D eigenvalue weighted by molar-refractivity contribution is 5.93. The fourth-order valence-electron chi connectivity index (χ4n) is 3.30. The van der Waals surface area contributed by atoms with Crippen LogP contribution in [0, 0.1) is 5.92 Å². The summed E-state index contributed by atoms with van der Waals surface area (Å²) in [4.78, 5) is 27.6. The normalized spacial score (nSPS) is 20.3. The molecule has 1 saturated carbocycles. The van der Waals surface area contributed by atoms with Crippen molar-refractivity contribution in [2.45, 2.75) is 31.6 Å². The van der Waals surface area contributed by atoms with Gasteiger partial charge in [0.25, 0.3) is 5.91 Å². The van der Waals surface area contributed by atoms with E-state index in [9.17, 15) is 4.79 Å². The van der Waals surface area contributed by atoms with E-state index in [1.54, 1.807) is 18.6 Å². The number of hydrogen-bond acceptors (Lipinski definition) is 5. The van der Waals surface area contributed by atoms with E-state index in [1.165, 1.54) is 12.8 Å². The van der Waals surface area contributed by atoms with Crippen LogP contribution in [0.1, 0.15) is 47.7 Å². The third-order valence-corrected chi connectivity index (χ3v) is 4.97. The summed E-state index contributed by atoms with van der Waals surface area (Å²) >= 11 is 0. The van der Waals surface area contributed by atoms with Crippen LogP contribution in [0.5, 0.6) is 0 Å². The molecule has 2 aliphatic rings. The molecule has 1 N–H and O–H groups in total. The summed E-state index contributed by atoms with van der Waals surface area (Å²) < 4.78 is 0. The molecule has 3 heterocycles. The first kappa shape index (κ1) is 16.0. The molecule has 1 aliphatic heterocycles. The van der Waals surface area contributed by atoms with Crippen LogP contribution in [0.4, 0.5) is 5.95 Å². The Hall–Kier alpha value is -2.50. The van der Waals surface area contributed by atoms with E-state index in [0.717, 1.165) is 44.1 Å². The Kier molecular flexibility index (Phi) is 4.59. The van der Waals surface area contributed by atoms with E-state index in [1.807, 2.05) is 18.2 Å². The van der Waals surface area contributed by atoms with Gasteiger partial charge >= 0.3 is 0 Å². The van der Waals surface area contributed by atoms with Crippen LogP contribution in [0.3, 0.4) is 0 Å². The second-order valence-corrected chi connectivity index (χ2v) is 6.96. The summed E-state index contributed by atoms with van der Waals surface area (Å²) in [7, 11) is 0. The Morgan fingerprint density at radius 3 is 2.72 bits per heavy atom. The Balaban J connectivity index is 1.39. The van der Waals surface area contributed by atoms with Crippen LogP contribution < -0.4 is 10.2 Å². The van der Waals surface area contributed by atoms with Crippen LogP contribution >= 0.6 is 0 Å². The number of pyridine rings is 1. The molecule has 0 bridgehead atoms. The van der Waals surface area contributed by atoms with Gasteiger partial charge in [-0.25, -0.2) is 9.97 Å². The zero-order chi connectivity index (χ0) is 17.1. The molecule has 1 atom stereocenters. The van der Waals surface area contributed by atoms with Gasteiger partial charge in [-0.2, -0.15) is 0 Å². The first-order valence-corrected chi connectivity index (χ1v) is 9.06. The summed E-state index contributed by atoms with van der Waals surface area (Å²) in [5.41, 5.74) is 1.68. The Morgan fingerprint density at radius 2 is 2.00 bits per heavy atom. The lowest BCUT2D eigenvalue weighted by atomic mass is 9.94. The van der Waals surface area contributed by atoms with Crippen LogP contribution in [-0.2, 0) is 0 Å². The average Bonchev–Trinajstić information content (AvgIpc) is 3.52. The first-order valence-electron chi connectivity index (χ1n) is 9.06. The van der Waals surface area contributed by atoms with Gasteiger partial charge in [0.15, 0.2) is 0 Å². The number of nitrogens with one attached hydrogen (secondary N) is 1. The fourth-order valence-corrected chi connectivity index (χ4v) is 3.30. The molecule has 0 unspecified atom stereocenters. The molecule has 2 fully saturated rings. The number of rotatable bonds is 5. The largest absolute Gasteiger partial charge is 0.352 e. The highest BCUT2D eigenvalue weighted by Crippen LogP contribution is 2.28. The van der Waals surface area contributed by atoms with Crippen molar-refractivity contribution in [1.29, 1.82) is 0 Å². The summed E-state index contributed by atoms with van der Waals surface area (Å²) in [6, 6.07) is 5.72. The first-order chi connectivity index (χ1) is 12.3. The van der Waals surface area contributed by atoms with Gasteiger partial charge in [0, 0.05) is 49.8 Å². The van der Waals surface area contributed by atoms with E-state index >= 15 is 0 Å². The van der Waals surface area contributed by atoms with Crippen LogP contribution in [-0.4, -0.2) is 40.5 Å². The number of nitrogens with zero attached hydrogens (tertiary/aromatic N) is 4. The molecule has 0 aromatic carbocycles. The minimum atomic E-state index is -0.0195. The average molecular weight is 337 g/mol. The molecule has 6 nitrogen and oxygen atoms in total. The Labute approximate surface area is 147 Å². The Morgan fingerprint density at radius 1 is 1.16 bits per heavy atom. The van der Waals surface area contributed by atoms with E-state index in [4.69, 9.17) is 0 Å². The van der Waals surface area contributed by atoms with Gasteiger partial charge in [-0.3, -0.25) is 9.78 Å². The number of anilines is 1. The number of hydrogen-bond donors (Lipinski definition) is 1. The van der Waals surface area contributed by atoms with Gasteiger partial charge in [-0.15, -0.1) is 0 Å². The molecule has 2 aromatic heterocycles. The van der Waals surface area contributed by atoms with Gasteiger partial charge in [0.05, 0.1) is 5.56 Å². The zero-order valence-electron chi connectivity index (χ0n) is 14.3. The number of carbonyl (C=O) groups is 1. The summed E-state index contributed by atoms with van der Waals surface area (Å²) in [6.07, 6.45) is 9.92. The highest BCUT2D eigenvalue weighted by atomic mass is 16.1. The molecule has 6 heteroatoms. The number of carbonyl (C=O) groups excluding carboxylic acids is 1. The number of amides is 1. The van der Waals surface area contributed by atoms with Crippen molar-refractivity contribution in [2.75, 3.05) is 24.5 Å². The van der Waals surface area contributed by atoms with E-state index < -0.39 is 0 Å². The second-order valence-electron chi connectivity index (χ2n) is 6.96. The van der Waals surface area contributed by atoms with E-state index in [-0.39, 0.29) is 5.91 Å². The number of piperidine rings is 1. The molecule has 1 aliphatic carbocycles. The minimum absolute atomic E-state index is 0.0195. The maximum Gasteiger partial charge on any atom is 0.252 e. The van der Waals surface area contributed by atoms with E-state index in [2.05, 4.69) is 25.2 Å². The molecule has 4 rings (SSSR count). The smallest absolute Gasteiger partial charge is 0.252 e. The van der Waals surface area contributed by atoms with Crippen LogP contribution in [0.2, 0.25) is 0 Å². The quantitative estimate of drug-likeness (QED) is 0.907. The summed E-state index contributed by atoms with van der Waals surface area (Å²) in [5, 5.41) is 2.98. The maximum absolute atomic E-state index is 12.1. The van der Waals surface area contributed by atoms with Crippen LogP contribution in [0.25, 0.3) is 0 Å². The SMILES string of the molecule is O=C(NCC1CC1)c1ccc([C@@H]2CCCN(c3ncccn3)C2)nc1. The highest BCUT2D eigenvalue weighted by Gasteiger charge is 2.24. The molecule has 130 valence electrons. The van der Waals surface area contributed by atoms with E-state index in [0.29, 0.717) is 17.4 Å². The lowest BCUT2D eigenvalue weighted by Gasteiger charge is -2.32. The summed E-state index contributed by atoms with van der Waals surface area (Å²) in [6.45, 7) is 2.63. The minimum Gasteiger partial charge on any atom is -0.352 e. The standard InChI is InChI=1S/C19H23N5O/c25-18(23-11-14-4-5-14)15-6-7-17(22-12-15)16-3-1-10-24(13-16)19-20-8-2-9-21-19/h2,6-9,12,14,16H,1,3-5,10-11,13H2,(H,23,25)/t16-/m1/s1. The molecule has 1 saturated heterocycles. The summed E-state index contributed by atoms with van der Waals surface area (Å²) in [5.74, 6) is 1.79. The molecule has 25 heavy (non-hydrogen) atoms. The second kappa shape index (κ2) is 7.17. The van der Waals surface area contributed by atoms with Crippen molar-refractivity contribution >= 4 is 11.9 Å². The zero-order valence-corrected chi connectivity index (χ0v) is 14.3. The van der Waals surface area contributed by atoms with Crippen molar-refractivity contribution < 1.29 is 4.79 Å². The molecule has 0 radical (unpaired) electrons. The van der Waals surface area contributed by atoms with Gasteiger partial charge in [0.1, 0.15) is 0 Å². The van der Waals surface area contributed by atoms with Crippen molar-refractivity contribution in [3.63, 3.8) is 0 Å². The van der Waals surface area contributed by atoms with Gasteiger partial charge < -0.3 is 10.2 Å². The lowest BCUT2D eigenvalue weighted by molar-refractivity contribution is 0.0951. The fraction of sp³-hybridized carbons (Fsp3) is 0.474. The lowest BCUT2D eigenvalue weighted by Crippen LogP contribution is -2.35. The monoisotopic (exact) mass is 337 g/mol. The topological polar surface area (TPSA) is 71.0 Å². The van der Waals surface area contributed by atoms with Crippen molar-refractivity contribution in [3.8, 4) is 0 Å². The molecule has 0 spiro atoms. The van der Waals surface area contributed by atoms with Gasteiger partial charge in [0.2, 0.25) is 5.95 Å². The maximum atomic E-state index is 12.1. The molecular formula is C19H23N5O. The van der Waals surface area contributed by atoms with Gasteiger partial charge in [-0.1, -0.05) is 0 Å². The van der Waals surface area contributed by atoms with Crippen molar-refractivity contribution in [3.05, 3.63) is 48.0 Å². The predicted molar refractivity (Wildman–Crippen MR) is 95.5 cm³/mol. The van der Waals surface area contributed by atoms with Gasteiger partial charge in [-0.05, 0) is 49.8 Å². The number of aromatic nitrogens is 3. The van der Waals surface area contributed by atoms with Crippen LogP contribution in [0.15, 0.2) is 36.8 Å². The predicted octanol–water partition coefficient (Wildman–Crippen LogP) is 2.40. The third-order valence-electron chi connectivity index (χ3n) is 4.97. The van der Waals surface area contributed by atoms with Crippen molar-refractivity contribution in [1.82, 2.24) is 20.3 Å². The Bertz CT molecular complexity index is 714. The molecule has 1 amide bonds.